The molecule has 0 saturated heterocycles. The molecule has 1 atom stereocenters. The van der Waals surface area contributed by atoms with Crippen LogP contribution in [0.4, 0.5) is 0 Å². The van der Waals surface area contributed by atoms with E-state index >= 15 is 0 Å². The fourth-order valence-corrected chi connectivity index (χ4v) is 3.13. The van der Waals surface area contributed by atoms with E-state index in [1.807, 2.05) is 47.9 Å². The quantitative estimate of drug-likeness (QED) is 0.638. The number of nitrogens with one attached hydrogen (secondary N) is 1. The summed E-state index contributed by atoms with van der Waals surface area (Å²) in [6, 6.07) is 11.1. The number of amides is 1. The molecule has 6 nitrogen and oxygen atoms in total. The molecule has 0 saturated carbocycles. The molecule has 0 fully saturated rings. The monoisotopic (exact) mass is 376 g/mol. The van der Waals surface area contributed by atoms with E-state index in [0.717, 1.165) is 11.3 Å². The first kappa shape index (κ1) is 17.6. The number of rotatable bonds is 7. The second-order valence-electron chi connectivity index (χ2n) is 5.45. The van der Waals surface area contributed by atoms with E-state index in [2.05, 4.69) is 15.5 Å². The Balaban J connectivity index is 1.52. The van der Waals surface area contributed by atoms with Crippen molar-refractivity contribution < 1.29 is 9.21 Å². The Kier molecular flexibility index (Phi) is 5.78. The molecular weight excluding hydrogens is 360 g/mol. The van der Waals surface area contributed by atoms with Gasteiger partial charge in [0, 0.05) is 5.02 Å². The van der Waals surface area contributed by atoms with Crippen LogP contribution in [0.1, 0.15) is 24.3 Å². The van der Waals surface area contributed by atoms with Crippen LogP contribution >= 0.6 is 23.4 Å². The fraction of sp³-hybridized carbons (Fsp3) is 0.235. The lowest BCUT2D eigenvalue weighted by molar-refractivity contribution is -0.119. The SMILES string of the molecule is CC(NC(=O)CSc1nncn1Cc1ccco1)c1ccc(Cl)cc1. The summed E-state index contributed by atoms with van der Waals surface area (Å²) in [6.07, 6.45) is 3.25. The third-order valence-corrected chi connectivity index (χ3v) is 4.80. The molecule has 1 N–H and O–H groups in total. The summed E-state index contributed by atoms with van der Waals surface area (Å²) in [7, 11) is 0. The van der Waals surface area contributed by atoms with Gasteiger partial charge in [0.05, 0.1) is 24.6 Å². The van der Waals surface area contributed by atoms with E-state index < -0.39 is 0 Å². The number of hydrogen-bond donors (Lipinski definition) is 1. The molecule has 1 aromatic carbocycles. The molecule has 0 spiro atoms. The van der Waals surface area contributed by atoms with Crippen molar-refractivity contribution in [2.75, 3.05) is 5.75 Å². The Morgan fingerprint density at radius 2 is 2.16 bits per heavy atom. The number of thioether (sulfide) groups is 1. The average molecular weight is 377 g/mol. The van der Waals surface area contributed by atoms with Gasteiger partial charge in [-0.3, -0.25) is 4.79 Å². The molecule has 130 valence electrons. The van der Waals surface area contributed by atoms with Crippen LogP contribution in [-0.4, -0.2) is 26.4 Å². The van der Waals surface area contributed by atoms with Crippen LogP contribution in [0.5, 0.6) is 0 Å². The van der Waals surface area contributed by atoms with Crippen molar-refractivity contribution in [1.29, 1.82) is 0 Å². The van der Waals surface area contributed by atoms with E-state index in [-0.39, 0.29) is 17.7 Å². The number of halogens is 1. The lowest BCUT2D eigenvalue weighted by atomic mass is 10.1. The largest absolute Gasteiger partial charge is 0.467 e. The van der Waals surface area contributed by atoms with Gasteiger partial charge in [0.15, 0.2) is 5.16 Å². The van der Waals surface area contributed by atoms with Crippen LogP contribution in [0.25, 0.3) is 0 Å². The van der Waals surface area contributed by atoms with Crippen molar-refractivity contribution in [1.82, 2.24) is 20.1 Å². The zero-order valence-corrected chi connectivity index (χ0v) is 15.1. The van der Waals surface area contributed by atoms with Crippen LogP contribution in [0.3, 0.4) is 0 Å². The van der Waals surface area contributed by atoms with Gasteiger partial charge in [0.25, 0.3) is 0 Å². The van der Waals surface area contributed by atoms with Gasteiger partial charge in [-0.05, 0) is 36.8 Å². The maximum atomic E-state index is 12.2. The van der Waals surface area contributed by atoms with Gasteiger partial charge in [-0.2, -0.15) is 0 Å². The number of aromatic nitrogens is 3. The fourth-order valence-electron chi connectivity index (χ4n) is 2.28. The first-order valence-corrected chi connectivity index (χ1v) is 9.06. The summed E-state index contributed by atoms with van der Waals surface area (Å²) in [6.45, 7) is 2.47. The normalized spacial score (nSPS) is 12.1. The molecule has 1 amide bonds. The smallest absolute Gasteiger partial charge is 0.230 e. The maximum Gasteiger partial charge on any atom is 0.230 e. The highest BCUT2D eigenvalue weighted by Crippen LogP contribution is 2.18. The number of carbonyl (C=O) groups is 1. The summed E-state index contributed by atoms with van der Waals surface area (Å²) >= 11 is 7.22. The van der Waals surface area contributed by atoms with Crippen molar-refractivity contribution in [3.05, 3.63) is 65.3 Å². The summed E-state index contributed by atoms with van der Waals surface area (Å²) in [5, 5.41) is 12.3. The Labute approximate surface area is 154 Å². The highest BCUT2D eigenvalue weighted by atomic mass is 35.5. The molecule has 25 heavy (non-hydrogen) atoms. The second-order valence-corrected chi connectivity index (χ2v) is 6.83. The maximum absolute atomic E-state index is 12.2. The van der Waals surface area contributed by atoms with Crippen LogP contribution in [0, 0.1) is 0 Å². The molecule has 0 bridgehead atoms. The summed E-state index contributed by atoms with van der Waals surface area (Å²) in [5.74, 6) is 0.997. The molecule has 3 rings (SSSR count). The van der Waals surface area contributed by atoms with Gasteiger partial charge in [0.1, 0.15) is 12.1 Å². The van der Waals surface area contributed by atoms with E-state index in [9.17, 15) is 4.79 Å². The van der Waals surface area contributed by atoms with E-state index in [0.29, 0.717) is 16.7 Å². The Morgan fingerprint density at radius 1 is 1.36 bits per heavy atom. The van der Waals surface area contributed by atoms with Gasteiger partial charge < -0.3 is 14.3 Å². The lowest BCUT2D eigenvalue weighted by Gasteiger charge is -2.14. The van der Waals surface area contributed by atoms with Gasteiger partial charge in [-0.1, -0.05) is 35.5 Å². The summed E-state index contributed by atoms with van der Waals surface area (Å²) in [4.78, 5) is 12.2. The minimum atomic E-state index is -0.0913. The van der Waals surface area contributed by atoms with Crippen molar-refractivity contribution in [3.8, 4) is 0 Å². The van der Waals surface area contributed by atoms with E-state index in [1.54, 1.807) is 12.6 Å². The minimum Gasteiger partial charge on any atom is -0.467 e. The van der Waals surface area contributed by atoms with Gasteiger partial charge in [-0.25, -0.2) is 0 Å². The van der Waals surface area contributed by atoms with Crippen molar-refractivity contribution in [2.24, 2.45) is 0 Å². The topological polar surface area (TPSA) is 73.0 Å². The predicted octanol–water partition coefficient (Wildman–Crippen LogP) is 3.54. The van der Waals surface area contributed by atoms with E-state index in [4.69, 9.17) is 16.0 Å². The second kappa shape index (κ2) is 8.22. The van der Waals surface area contributed by atoms with Gasteiger partial charge in [0.2, 0.25) is 5.91 Å². The number of benzene rings is 1. The molecule has 0 aliphatic carbocycles. The number of nitrogens with zero attached hydrogens (tertiary/aromatic N) is 3. The van der Waals surface area contributed by atoms with Crippen LogP contribution in [0.2, 0.25) is 5.02 Å². The summed E-state index contributed by atoms with van der Waals surface area (Å²) in [5.41, 5.74) is 1.00. The molecule has 3 aromatic rings. The average Bonchev–Trinajstić information content (AvgIpc) is 3.26. The third-order valence-electron chi connectivity index (χ3n) is 3.57. The number of furan rings is 1. The minimum absolute atomic E-state index is 0.0694. The summed E-state index contributed by atoms with van der Waals surface area (Å²) < 4.78 is 7.17. The Morgan fingerprint density at radius 3 is 2.88 bits per heavy atom. The van der Waals surface area contributed by atoms with Crippen LogP contribution in [0.15, 0.2) is 58.6 Å². The van der Waals surface area contributed by atoms with E-state index in [1.165, 1.54) is 11.8 Å². The van der Waals surface area contributed by atoms with Crippen LogP contribution < -0.4 is 5.32 Å². The van der Waals surface area contributed by atoms with Crippen LogP contribution in [-0.2, 0) is 11.3 Å². The molecule has 2 heterocycles. The third kappa shape index (κ3) is 4.87. The molecule has 0 aliphatic rings. The highest BCUT2D eigenvalue weighted by molar-refractivity contribution is 7.99. The molecular formula is C17H17ClN4O2S. The van der Waals surface area contributed by atoms with Crippen molar-refractivity contribution in [2.45, 2.75) is 24.7 Å². The highest BCUT2D eigenvalue weighted by Gasteiger charge is 2.13. The molecule has 0 radical (unpaired) electrons. The lowest BCUT2D eigenvalue weighted by Crippen LogP contribution is -2.28. The first-order chi connectivity index (χ1) is 12.1. The number of hydrogen-bond acceptors (Lipinski definition) is 5. The predicted molar refractivity (Wildman–Crippen MR) is 96.6 cm³/mol. The van der Waals surface area contributed by atoms with Gasteiger partial charge >= 0.3 is 0 Å². The first-order valence-electron chi connectivity index (χ1n) is 7.69. The zero-order chi connectivity index (χ0) is 17.6. The molecule has 0 aliphatic heterocycles. The Bertz CT molecular complexity index is 818. The standard InChI is InChI=1S/C17H17ClN4O2S/c1-12(13-4-6-14(18)7-5-13)20-16(23)10-25-17-21-19-11-22(17)9-15-3-2-8-24-15/h2-8,11-12H,9-10H2,1H3,(H,20,23). The Hall–Kier alpha value is -2.25. The molecule has 2 aromatic heterocycles. The van der Waals surface area contributed by atoms with Crippen molar-refractivity contribution >= 4 is 29.3 Å². The zero-order valence-electron chi connectivity index (χ0n) is 13.6. The van der Waals surface area contributed by atoms with Crippen molar-refractivity contribution in [3.63, 3.8) is 0 Å². The molecule has 8 heteroatoms. The van der Waals surface area contributed by atoms with Gasteiger partial charge in [-0.15, -0.1) is 10.2 Å². The molecule has 1 unspecified atom stereocenters. The number of carbonyl (C=O) groups excluding carboxylic acids is 1.